The summed E-state index contributed by atoms with van der Waals surface area (Å²) in [6.45, 7) is 2.22. The molecular weight excluding hydrogens is 200 g/mol. The predicted molar refractivity (Wildman–Crippen MR) is 55.2 cm³/mol. The van der Waals surface area contributed by atoms with Gasteiger partial charge >= 0.3 is 0 Å². The fraction of sp³-hybridized carbons (Fsp3) is 0.455. The van der Waals surface area contributed by atoms with Crippen LogP contribution in [0.5, 0.6) is 5.75 Å². The van der Waals surface area contributed by atoms with Crippen LogP contribution in [0.2, 0.25) is 0 Å². The van der Waals surface area contributed by atoms with Crippen molar-refractivity contribution in [2.75, 3.05) is 6.54 Å². The summed E-state index contributed by atoms with van der Waals surface area (Å²) in [7, 11) is 0. The molecule has 0 radical (unpaired) electrons. The molecule has 0 aliphatic rings. The van der Waals surface area contributed by atoms with Gasteiger partial charge in [0.15, 0.2) is 0 Å². The van der Waals surface area contributed by atoms with E-state index in [1.165, 1.54) is 6.07 Å². The van der Waals surface area contributed by atoms with Crippen LogP contribution in [0.1, 0.15) is 29.5 Å². The van der Waals surface area contributed by atoms with E-state index in [-0.39, 0.29) is 11.3 Å². The van der Waals surface area contributed by atoms with Crippen LogP contribution < -0.4 is 5.73 Å². The molecule has 0 spiro atoms. The van der Waals surface area contributed by atoms with Gasteiger partial charge in [-0.05, 0) is 37.9 Å². The number of benzene rings is 1. The number of aromatic hydroxyl groups is 1. The van der Waals surface area contributed by atoms with Crippen LogP contribution in [-0.4, -0.2) is 11.7 Å². The molecule has 0 heterocycles. The zero-order chi connectivity index (χ0) is 11.4. The van der Waals surface area contributed by atoms with E-state index in [0.717, 1.165) is 5.56 Å². The summed E-state index contributed by atoms with van der Waals surface area (Å²) in [6.07, 6.45) is -1.43. The van der Waals surface area contributed by atoms with Crippen LogP contribution in [-0.2, 0) is 6.42 Å². The molecule has 0 unspecified atom stereocenters. The minimum absolute atomic E-state index is 0.288. The number of rotatable bonds is 4. The Morgan fingerprint density at radius 3 is 2.60 bits per heavy atom. The lowest BCUT2D eigenvalue weighted by Crippen LogP contribution is -2.01. The molecule has 1 aromatic rings. The highest BCUT2D eigenvalue weighted by molar-refractivity contribution is 5.44. The summed E-state index contributed by atoms with van der Waals surface area (Å²) in [5, 5.41) is 9.59. The standard InChI is InChI=1S/C11H15F2NO/c1-7-5-8(3-2-4-14)10(15)9(6-7)11(12)13/h5-6,11,15H,2-4,14H2,1H3. The first-order valence-electron chi connectivity index (χ1n) is 4.87. The molecule has 1 aromatic carbocycles. The van der Waals surface area contributed by atoms with E-state index in [1.54, 1.807) is 13.0 Å². The minimum atomic E-state index is -2.64. The van der Waals surface area contributed by atoms with Gasteiger partial charge in [-0.25, -0.2) is 8.78 Å². The van der Waals surface area contributed by atoms with Crippen molar-refractivity contribution in [3.63, 3.8) is 0 Å². The van der Waals surface area contributed by atoms with Gasteiger partial charge in [-0.15, -0.1) is 0 Å². The van der Waals surface area contributed by atoms with Gasteiger partial charge in [0, 0.05) is 0 Å². The average molecular weight is 215 g/mol. The Balaban J connectivity index is 3.05. The van der Waals surface area contributed by atoms with E-state index in [9.17, 15) is 13.9 Å². The molecule has 0 amide bonds. The molecule has 0 aliphatic carbocycles. The highest BCUT2D eigenvalue weighted by Crippen LogP contribution is 2.32. The predicted octanol–water partition coefficient (Wildman–Crippen LogP) is 2.53. The lowest BCUT2D eigenvalue weighted by molar-refractivity contribution is 0.147. The van der Waals surface area contributed by atoms with Gasteiger partial charge in [0.1, 0.15) is 5.75 Å². The maximum atomic E-state index is 12.5. The Hall–Kier alpha value is -1.16. The Kier molecular flexibility index (Phi) is 4.03. The average Bonchev–Trinajstić information content (AvgIpc) is 2.18. The van der Waals surface area contributed by atoms with Gasteiger partial charge in [0.2, 0.25) is 0 Å². The maximum absolute atomic E-state index is 12.5. The van der Waals surface area contributed by atoms with Crippen LogP contribution in [0.4, 0.5) is 8.78 Å². The maximum Gasteiger partial charge on any atom is 0.267 e. The molecule has 84 valence electrons. The molecule has 0 saturated heterocycles. The van der Waals surface area contributed by atoms with E-state index in [4.69, 9.17) is 5.73 Å². The Morgan fingerprint density at radius 1 is 1.40 bits per heavy atom. The Labute approximate surface area is 87.7 Å². The Morgan fingerprint density at radius 2 is 2.07 bits per heavy atom. The fourth-order valence-corrected chi connectivity index (χ4v) is 1.53. The zero-order valence-electron chi connectivity index (χ0n) is 8.63. The number of phenolic OH excluding ortho intramolecular Hbond substituents is 1. The first kappa shape index (κ1) is 11.9. The zero-order valence-corrected chi connectivity index (χ0v) is 8.63. The SMILES string of the molecule is Cc1cc(CCCN)c(O)c(C(F)F)c1. The number of nitrogens with two attached hydrogens (primary N) is 1. The minimum Gasteiger partial charge on any atom is -0.507 e. The third-order valence-corrected chi connectivity index (χ3v) is 2.25. The summed E-state index contributed by atoms with van der Waals surface area (Å²) in [5.74, 6) is -0.288. The van der Waals surface area contributed by atoms with Crippen molar-refractivity contribution in [3.05, 3.63) is 28.8 Å². The molecule has 2 nitrogen and oxygen atoms in total. The van der Waals surface area contributed by atoms with Crippen molar-refractivity contribution in [1.29, 1.82) is 0 Å². The second-order valence-electron chi connectivity index (χ2n) is 3.55. The normalized spacial score (nSPS) is 11.0. The molecule has 0 aliphatic heterocycles. The van der Waals surface area contributed by atoms with E-state index in [1.807, 2.05) is 0 Å². The van der Waals surface area contributed by atoms with Crippen molar-refractivity contribution < 1.29 is 13.9 Å². The molecule has 15 heavy (non-hydrogen) atoms. The van der Waals surface area contributed by atoms with Crippen molar-refractivity contribution in [2.45, 2.75) is 26.2 Å². The molecule has 0 atom stereocenters. The summed E-state index contributed by atoms with van der Waals surface area (Å²) < 4.78 is 25.1. The molecule has 4 heteroatoms. The third kappa shape index (κ3) is 2.89. The molecule has 0 bridgehead atoms. The third-order valence-electron chi connectivity index (χ3n) is 2.25. The molecule has 0 saturated carbocycles. The number of hydrogen-bond donors (Lipinski definition) is 2. The number of hydrogen-bond acceptors (Lipinski definition) is 2. The fourth-order valence-electron chi connectivity index (χ4n) is 1.53. The number of phenols is 1. The number of aryl methyl sites for hydroxylation is 2. The van der Waals surface area contributed by atoms with Crippen LogP contribution in [0.15, 0.2) is 12.1 Å². The van der Waals surface area contributed by atoms with Gasteiger partial charge in [-0.2, -0.15) is 0 Å². The first-order valence-corrected chi connectivity index (χ1v) is 4.87. The summed E-state index contributed by atoms with van der Waals surface area (Å²) >= 11 is 0. The van der Waals surface area contributed by atoms with Gasteiger partial charge in [0.25, 0.3) is 6.43 Å². The number of alkyl halides is 2. The largest absolute Gasteiger partial charge is 0.507 e. The lowest BCUT2D eigenvalue weighted by atomic mass is 10.0. The van der Waals surface area contributed by atoms with Gasteiger partial charge in [-0.1, -0.05) is 11.6 Å². The lowest BCUT2D eigenvalue weighted by Gasteiger charge is -2.10. The van der Waals surface area contributed by atoms with Crippen LogP contribution in [0.3, 0.4) is 0 Å². The van der Waals surface area contributed by atoms with Crippen LogP contribution >= 0.6 is 0 Å². The highest BCUT2D eigenvalue weighted by Gasteiger charge is 2.16. The van der Waals surface area contributed by atoms with E-state index in [0.29, 0.717) is 24.9 Å². The van der Waals surface area contributed by atoms with E-state index in [2.05, 4.69) is 0 Å². The van der Waals surface area contributed by atoms with E-state index >= 15 is 0 Å². The molecule has 0 fully saturated rings. The van der Waals surface area contributed by atoms with Crippen LogP contribution in [0, 0.1) is 6.92 Å². The second kappa shape index (κ2) is 5.07. The van der Waals surface area contributed by atoms with Crippen molar-refractivity contribution in [1.82, 2.24) is 0 Å². The molecule has 3 N–H and O–H groups in total. The second-order valence-corrected chi connectivity index (χ2v) is 3.55. The van der Waals surface area contributed by atoms with Gasteiger partial charge in [-0.3, -0.25) is 0 Å². The summed E-state index contributed by atoms with van der Waals surface area (Å²) in [6, 6.07) is 3.03. The molecule has 0 aromatic heterocycles. The molecular formula is C11H15F2NO. The monoisotopic (exact) mass is 215 g/mol. The summed E-state index contributed by atoms with van der Waals surface area (Å²) in [5.41, 5.74) is 6.33. The van der Waals surface area contributed by atoms with Gasteiger partial charge in [0.05, 0.1) is 5.56 Å². The summed E-state index contributed by atoms with van der Waals surface area (Å²) in [4.78, 5) is 0. The smallest absolute Gasteiger partial charge is 0.267 e. The van der Waals surface area contributed by atoms with Crippen molar-refractivity contribution >= 4 is 0 Å². The highest BCUT2D eigenvalue weighted by atomic mass is 19.3. The first-order chi connectivity index (χ1) is 7.06. The van der Waals surface area contributed by atoms with Crippen molar-refractivity contribution in [2.24, 2.45) is 5.73 Å². The molecule has 1 rings (SSSR count). The number of halogens is 2. The topological polar surface area (TPSA) is 46.2 Å². The van der Waals surface area contributed by atoms with E-state index < -0.39 is 6.43 Å². The Bertz CT molecular complexity index is 340. The van der Waals surface area contributed by atoms with Gasteiger partial charge < -0.3 is 10.8 Å². The quantitative estimate of drug-likeness (QED) is 0.810. The van der Waals surface area contributed by atoms with Crippen LogP contribution in [0.25, 0.3) is 0 Å². The van der Waals surface area contributed by atoms with Crippen molar-refractivity contribution in [3.8, 4) is 5.75 Å².